The van der Waals surface area contributed by atoms with Gasteiger partial charge in [0.25, 0.3) is 0 Å². The number of methoxy groups -OCH3 is 1. The number of aromatic nitrogens is 2. The minimum atomic E-state index is 0.296. The molecular formula is C15H27N3O. The lowest BCUT2D eigenvalue weighted by molar-refractivity contribution is 0.388. The quantitative estimate of drug-likeness (QED) is 0.658. The first-order valence-electron chi connectivity index (χ1n) is 7.36. The van der Waals surface area contributed by atoms with E-state index in [4.69, 9.17) is 4.74 Å². The molecule has 0 aliphatic carbocycles. The van der Waals surface area contributed by atoms with Crippen molar-refractivity contribution in [2.75, 3.05) is 14.2 Å². The first-order chi connectivity index (χ1) is 9.31. The van der Waals surface area contributed by atoms with E-state index in [-0.39, 0.29) is 0 Å². The topological polar surface area (TPSA) is 47.0 Å². The highest BCUT2D eigenvalue weighted by atomic mass is 16.5. The van der Waals surface area contributed by atoms with E-state index in [1.807, 2.05) is 19.2 Å². The summed E-state index contributed by atoms with van der Waals surface area (Å²) in [5.41, 5.74) is 0.997. The number of hydrogen-bond donors (Lipinski definition) is 1. The van der Waals surface area contributed by atoms with E-state index in [2.05, 4.69) is 22.4 Å². The Morgan fingerprint density at radius 1 is 1.11 bits per heavy atom. The van der Waals surface area contributed by atoms with Gasteiger partial charge in [-0.25, -0.2) is 0 Å². The normalized spacial score (nSPS) is 12.4. The van der Waals surface area contributed by atoms with Crippen molar-refractivity contribution in [2.24, 2.45) is 0 Å². The fourth-order valence-electron chi connectivity index (χ4n) is 2.19. The number of rotatable bonds is 10. The van der Waals surface area contributed by atoms with Gasteiger partial charge in [0.15, 0.2) is 0 Å². The van der Waals surface area contributed by atoms with Crippen LogP contribution >= 0.6 is 0 Å². The van der Waals surface area contributed by atoms with E-state index in [9.17, 15) is 0 Å². The van der Waals surface area contributed by atoms with Crippen LogP contribution in [0.3, 0.4) is 0 Å². The highest BCUT2D eigenvalue weighted by molar-refractivity contribution is 5.13. The molecular weight excluding hydrogens is 238 g/mol. The summed E-state index contributed by atoms with van der Waals surface area (Å²) < 4.78 is 5.02. The largest absolute Gasteiger partial charge is 0.480 e. The van der Waals surface area contributed by atoms with Crippen molar-refractivity contribution in [3.8, 4) is 5.88 Å². The second-order valence-electron chi connectivity index (χ2n) is 4.90. The Kier molecular flexibility index (Phi) is 8.14. The van der Waals surface area contributed by atoms with Crippen molar-refractivity contribution in [3.63, 3.8) is 0 Å². The SMILES string of the molecule is CCCCCCCCC(NC)c1ccc(OC)nn1. The second kappa shape index (κ2) is 9.73. The van der Waals surface area contributed by atoms with Crippen LogP contribution in [0.25, 0.3) is 0 Å². The monoisotopic (exact) mass is 265 g/mol. The van der Waals surface area contributed by atoms with Crippen molar-refractivity contribution >= 4 is 0 Å². The van der Waals surface area contributed by atoms with Gasteiger partial charge in [0.1, 0.15) is 0 Å². The predicted octanol–water partition coefficient (Wildman–Crippen LogP) is 3.50. The van der Waals surface area contributed by atoms with Gasteiger partial charge < -0.3 is 10.1 Å². The highest BCUT2D eigenvalue weighted by Crippen LogP contribution is 2.19. The third-order valence-electron chi connectivity index (χ3n) is 3.42. The molecule has 1 aromatic heterocycles. The highest BCUT2D eigenvalue weighted by Gasteiger charge is 2.11. The molecule has 1 aromatic rings. The number of nitrogens with one attached hydrogen (secondary N) is 1. The van der Waals surface area contributed by atoms with Crippen molar-refractivity contribution < 1.29 is 4.74 Å². The maximum Gasteiger partial charge on any atom is 0.233 e. The van der Waals surface area contributed by atoms with E-state index < -0.39 is 0 Å². The van der Waals surface area contributed by atoms with Crippen LogP contribution < -0.4 is 10.1 Å². The number of unbranched alkanes of at least 4 members (excludes halogenated alkanes) is 5. The van der Waals surface area contributed by atoms with Gasteiger partial charge in [-0.15, -0.1) is 5.10 Å². The van der Waals surface area contributed by atoms with E-state index >= 15 is 0 Å². The molecule has 0 aromatic carbocycles. The van der Waals surface area contributed by atoms with E-state index in [1.54, 1.807) is 7.11 Å². The smallest absolute Gasteiger partial charge is 0.233 e. The maximum atomic E-state index is 5.02. The molecule has 0 saturated heterocycles. The van der Waals surface area contributed by atoms with Crippen molar-refractivity contribution in [1.82, 2.24) is 15.5 Å². The zero-order chi connectivity index (χ0) is 13.9. The zero-order valence-electron chi connectivity index (χ0n) is 12.5. The minimum Gasteiger partial charge on any atom is -0.480 e. The summed E-state index contributed by atoms with van der Waals surface area (Å²) in [6, 6.07) is 4.16. The fraction of sp³-hybridized carbons (Fsp3) is 0.733. The molecule has 1 rings (SSSR count). The van der Waals surface area contributed by atoms with Crippen molar-refractivity contribution in [3.05, 3.63) is 17.8 Å². The fourth-order valence-corrected chi connectivity index (χ4v) is 2.19. The Hall–Kier alpha value is -1.16. The van der Waals surface area contributed by atoms with Crippen LogP contribution in [-0.2, 0) is 0 Å². The van der Waals surface area contributed by atoms with Crippen LogP contribution in [0, 0.1) is 0 Å². The Morgan fingerprint density at radius 2 is 1.84 bits per heavy atom. The molecule has 108 valence electrons. The van der Waals surface area contributed by atoms with Crippen LogP contribution in [0.4, 0.5) is 0 Å². The zero-order valence-corrected chi connectivity index (χ0v) is 12.5. The van der Waals surface area contributed by atoms with E-state index in [0.29, 0.717) is 11.9 Å². The molecule has 4 heteroatoms. The lowest BCUT2D eigenvalue weighted by atomic mass is 10.0. The molecule has 1 unspecified atom stereocenters. The van der Waals surface area contributed by atoms with Crippen LogP contribution in [0.5, 0.6) is 5.88 Å². The summed E-state index contributed by atoms with van der Waals surface area (Å²) in [6.07, 6.45) is 9.04. The van der Waals surface area contributed by atoms with Gasteiger partial charge in [-0.3, -0.25) is 0 Å². The van der Waals surface area contributed by atoms with Crippen LogP contribution in [0.2, 0.25) is 0 Å². The molecule has 0 bridgehead atoms. The molecule has 0 spiro atoms. The standard InChI is InChI=1S/C15H27N3O/c1-4-5-6-7-8-9-10-13(16-2)14-11-12-15(19-3)18-17-14/h11-13,16H,4-10H2,1-3H3. The van der Waals surface area contributed by atoms with Crippen LogP contribution in [-0.4, -0.2) is 24.4 Å². The molecule has 0 radical (unpaired) electrons. The third-order valence-corrected chi connectivity index (χ3v) is 3.42. The van der Waals surface area contributed by atoms with Gasteiger partial charge in [-0.1, -0.05) is 45.4 Å². The molecule has 1 atom stereocenters. The van der Waals surface area contributed by atoms with Crippen molar-refractivity contribution in [2.45, 2.75) is 57.9 Å². The number of nitrogens with zero attached hydrogens (tertiary/aromatic N) is 2. The molecule has 1 heterocycles. The van der Waals surface area contributed by atoms with E-state index in [0.717, 1.165) is 12.1 Å². The average molecular weight is 265 g/mol. The van der Waals surface area contributed by atoms with Gasteiger partial charge >= 0.3 is 0 Å². The van der Waals surface area contributed by atoms with Gasteiger partial charge in [0.05, 0.1) is 18.8 Å². The van der Waals surface area contributed by atoms with E-state index in [1.165, 1.54) is 38.5 Å². The number of ether oxygens (including phenoxy) is 1. The molecule has 19 heavy (non-hydrogen) atoms. The van der Waals surface area contributed by atoms with Crippen LogP contribution in [0.15, 0.2) is 12.1 Å². The molecule has 0 fully saturated rings. The molecule has 0 amide bonds. The van der Waals surface area contributed by atoms with Crippen molar-refractivity contribution in [1.29, 1.82) is 0 Å². The molecule has 0 aliphatic rings. The maximum absolute atomic E-state index is 5.02. The lowest BCUT2D eigenvalue weighted by Crippen LogP contribution is -2.18. The second-order valence-corrected chi connectivity index (χ2v) is 4.90. The van der Waals surface area contributed by atoms with Gasteiger partial charge in [-0.05, 0) is 19.5 Å². The lowest BCUT2D eigenvalue weighted by Gasteiger charge is -2.15. The molecule has 1 N–H and O–H groups in total. The summed E-state index contributed by atoms with van der Waals surface area (Å²) in [7, 11) is 3.59. The average Bonchev–Trinajstić information content (AvgIpc) is 2.47. The molecule has 4 nitrogen and oxygen atoms in total. The summed E-state index contributed by atoms with van der Waals surface area (Å²) in [5, 5.41) is 11.5. The first-order valence-corrected chi connectivity index (χ1v) is 7.36. The first kappa shape index (κ1) is 15.9. The Morgan fingerprint density at radius 3 is 2.42 bits per heavy atom. The van der Waals surface area contributed by atoms with Gasteiger partial charge in [0.2, 0.25) is 5.88 Å². The summed E-state index contributed by atoms with van der Waals surface area (Å²) in [4.78, 5) is 0. The minimum absolute atomic E-state index is 0.296. The summed E-state index contributed by atoms with van der Waals surface area (Å²) in [6.45, 7) is 2.25. The number of hydrogen-bond acceptors (Lipinski definition) is 4. The summed E-state index contributed by atoms with van der Waals surface area (Å²) >= 11 is 0. The molecule has 0 aliphatic heterocycles. The molecule has 0 saturated carbocycles. The van der Waals surface area contributed by atoms with Crippen LogP contribution in [0.1, 0.15) is 63.6 Å². The Balaban J connectivity index is 2.31. The predicted molar refractivity (Wildman–Crippen MR) is 78.4 cm³/mol. The summed E-state index contributed by atoms with van der Waals surface area (Å²) in [5.74, 6) is 0.568. The third kappa shape index (κ3) is 6.01. The van der Waals surface area contributed by atoms with Gasteiger partial charge in [-0.2, -0.15) is 5.10 Å². The Bertz CT molecular complexity index is 327. The Labute approximate surface area is 117 Å². The van der Waals surface area contributed by atoms with Gasteiger partial charge in [0, 0.05) is 6.07 Å².